The predicted octanol–water partition coefficient (Wildman–Crippen LogP) is 2.87. The summed E-state index contributed by atoms with van der Waals surface area (Å²) in [5, 5.41) is 25.3. The van der Waals surface area contributed by atoms with Gasteiger partial charge in [0.1, 0.15) is 17.3 Å². The van der Waals surface area contributed by atoms with Crippen molar-refractivity contribution in [3.8, 4) is 17.3 Å². The molecular formula is C25H26FN9O5. The first-order valence-corrected chi connectivity index (χ1v) is 11.8. The summed E-state index contributed by atoms with van der Waals surface area (Å²) in [5.41, 5.74) is 6.69. The van der Waals surface area contributed by atoms with Crippen molar-refractivity contribution in [1.82, 2.24) is 30.3 Å². The monoisotopic (exact) mass is 551 g/mol. The first kappa shape index (κ1) is 27.6. The van der Waals surface area contributed by atoms with Crippen LogP contribution in [-0.2, 0) is 0 Å². The van der Waals surface area contributed by atoms with Crippen LogP contribution in [0.1, 0.15) is 28.9 Å². The quantitative estimate of drug-likeness (QED) is 0.184. The summed E-state index contributed by atoms with van der Waals surface area (Å²) in [6, 6.07) is 7.85. The summed E-state index contributed by atoms with van der Waals surface area (Å²) in [7, 11) is 2.96. The Labute approximate surface area is 227 Å². The minimum atomic E-state index is -1.26. The molecule has 2 atom stereocenters. The first-order chi connectivity index (χ1) is 19.2. The molecule has 6 N–H and O–H groups in total. The van der Waals surface area contributed by atoms with E-state index in [2.05, 4.69) is 36.2 Å². The molecule has 4 rings (SSSR count). The van der Waals surface area contributed by atoms with E-state index in [9.17, 15) is 14.7 Å². The number of nitrogens with one attached hydrogen (secondary N) is 3. The van der Waals surface area contributed by atoms with Gasteiger partial charge in [0.25, 0.3) is 5.91 Å². The molecule has 4 aromatic rings. The Balaban J connectivity index is 1.73. The Morgan fingerprint density at radius 3 is 2.48 bits per heavy atom. The number of ether oxygens (including phenoxy) is 2. The fraction of sp³-hybridized carbons (Fsp3) is 0.200. The molecule has 3 heterocycles. The standard InChI is InChI=1S/C25H26FN9O5/c1-13(30-25(37)38)20(14-4-6-16(39-2)7-5-14)32-23-18(26)11-17(21(27)36)22(33-23)31-15-10-19(24(40-3)28-12-15)35-9-8-29-34-35/h4-13,20,30H,1-3H3,(H2,27,36)(H,37,38)(H2,31,32,33)/t13-,20+/m0/s1. The van der Waals surface area contributed by atoms with Gasteiger partial charge < -0.3 is 36.3 Å². The van der Waals surface area contributed by atoms with E-state index in [1.54, 1.807) is 43.5 Å². The van der Waals surface area contributed by atoms with Crippen molar-refractivity contribution in [2.24, 2.45) is 5.73 Å². The van der Waals surface area contributed by atoms with Crippen LogP contribution in [0.5, 0.6) is 11.6 Å². The van der Waals surface area contributed by atoms with E-state index in [0.717, 1.165) is 6.07 Å². The van der Waals surface area contributed by atoms with E-state index in [4.69, 9.17) is 15.2 Å². The summed E-state index contributed by atoms with van der Waals surface area (Å²) >= 11 is 0. The van der Waals surface area contributed by atoms with Crippen LogP contribution in [0.4, 0.5) is 26.5 Å². The largest absolute Gasteiger partial charge is 0.497 e. The van der Waals surface area contributed by atoms with E-state index >= 15 is 4.39 Å². The van der Waals surface area contributed by atoms with Gasteiger partial charge in [-0.05, 0) is 36.8 Å². The molecule has 0 saturated heterocycles. The molecule has 0 radical (unpaired) electrons. The molecule has 0 bridgehead atoms. The van der Waals surface area contributed by atoms with Gasteiger partial charge >= 0.3 is 6.09 Å². The molecule has 3 aromatic heterocycles. The van der Waals surface area contributed by atoms with Crippen molar-refractivity contribution >= 4 is 29.3 Å². The third kappa shape index (κ3) is 6.15. The SMILES string of the molecule is COc1ccc([C@H](Nc2nc(Nc3cnc(OC)c(-n4ccnn4)c3)c(C(N)=O)cc2F)[C@H](C)NC(=O)O)cc1. The molecule has 0 aliphatic carbocycles. The highest BCUT2D eigenvalue weighted by atomic mass is 19.1. The van der Waals surface area contributed by atoms with Crippen LogP contribution in [0.25, 0.3) is 5.69 Å². The van der Waals surface area contributed by atoms with Crippen molar-refractivity contribution in [3.63, 3.8) is 0 Å². The lowest BCUT2D eigenvalue weighted by Crippen LogP contribution is -2.39. The van der Waals surface area contributed by atoms with Crippen LogP contribution >= 0.6 is 0 Å². The number of hydrogen-bond acceptors (Lipinski definition) is 10. The number of anilines is 3. The zero-order valence-corrected chi connectivity index (χ0v) is 21.6. The summed E-state index contributed by atoms with van der Waals surface area (Å²) in [5.74, 6) is -1.29. The van der Waals surface area contributed by atoms with Crippen LogP contribution in [0.2, 0.25) is 0 Å². The second kappa shape index (κ2) is 11.9. The maximum absolute atomic E-state index is 15.2. The number of amides is 2. The number of primary amides is 1. The smallest absolute Gasteiger partial charge is 0.404 e. The minimum absolute atomic E-state index is 0.0692. The summed E-state index contributed by atoms with van der Waals surface area (Å²) < 4.78 is 27.1. The zero-order chi connectivity index (χ0) is 28.8. The van der Waals surface area contributed by atoms with Gasteiger partial charge in [-0.2, -0.15) is 0 Å². The lowest BCUT2D eigenvalue weighted by atomic mass is 10.00. The number of carbonyl (C=O) groups excluding carboxylic acids is 1. The average Bonchev–Trinajstić information content (AvgIpc) is 3.47. The molecule has 2 amide bonds. The number of rotatable bonds is 11. The van der Waals surface area contributed by atoms with Crippen LogP contribution < -0.4 is 31.2 Å². The second-order valence-corrected chi connectivity index (χ2v) is 8.44. The van der Waals surface area contributed by atoms with Crippen molar-refractivity contribution in [2.45, 2.75) is 19.0 Å². The molecule has 0 unspecified atom stereocenters. The van der Waals surface area contributed by atoms with Gasteiger partial charge in [0.2, 0.25) is 5.88 Å². The van der Waals surface area contributed by atoms with Crippen LogP contribution in [0.3, 0.4) is 0 Å². The van der Waals surface area contributed by atoms with Crippen molar-refractivity contribution in [2.75, 3.05) is 24.9 Å². The lowest BCUT2D eigenvalue weighted by Gasteiger charge is -2.27. The third-order valence-electron chi connectivity index (χ3n) is 5.82. The molecule has 1 aromatic carbocycles. The number of carbonyl (C=O) groups is 2. The van der Waals surface area contributed by atoms with Crippen molar-refractivity contribution in [1.29, 1.82) is 0 Å². The number of pyridine rings is 2. The van der Waals surface area contributed by atoms with Gasteiger partial charge in [0.05, 0.1) is 56.1 Å². The van der Waals surface area contributed by atoms with Gasteiger partial charge in [0, 0.05) is 0 Å². The average molecular weight is 552 g/mol. The number of benzene rings is 1. The highest BCUT2D eigenvalue weighted by Crippen LogP contribution is 2.30. The number of methoxy groups -OCH3 is 2. The maximum atomic E-state index is 15.2. The number of aromatic nitrogens is 5. The highest BCUT2D eigenvalue weighted by molar-refractivity contribution is 5.98. The number of nitrogens with two attached hydrogens (primary N) is 1. The lowest BCUT2D eigenvalue weighted by molar-refractivity contribution is 0.1000. The Bertz CT molecular complexity index is 1500. The number of hydrogen-bond donors (Lipinski definition) is 5. The minimum Gasteiger partial charge on any atom is -0.497 e. The van der Waals surface area contributed by atoms with Crippen molar-refractivity contribution < 1.29 is 28.6 Å². The highest BCUT2D eigenvalue weighted by Gasteiger charge is 2.25. The van der Waals surface area contributed by atoms with E-state index in [0.29, 0.717) is 22.7 Å². The molecule has 40 heavy (non-hydrogen) atoms. The molecule has 14 nitrogen and oxygen atoms in total. The van der Waals surface area contributed by atoms with E-state index < -0.39 is 29.9 Å². The Kier molecular flexibility index (Phi) is 8.22. The number of carboxylic acid groups (broad SMARTS) is 1. The fourth-order valence-electron chi connectivity index (χ4n) is 3.91. The molecule has 0 saturated carbocycles. The van der Waals surface area contributed by atoms with Gasteiger partial charge in [-0.3, -0.25) is 4.79 Å². The normalized spacial score (nSPS) is 12.2. The topological polar surface area (TPSA) is 191 Å². The van der Waals surface area contributed by atoms with Gasteiger partial charge in [-0.25, -0.2) is 23.8 Å². The van der Waals surface area contributed by atoms with E-state index in [1.807, 2.05) is 0 Å². The fourth-order valence-corrected chi connectivity index (χ4v) is 3.91. The molecule has 0 fully saturated rings. The van der Waals surface area contributed by atoms with Crippen LogP contribution in [-0.4, -0.2) is 62.3 Å². The molecular weight excluding hydrogens is 525 g/mol. The maximum Gasteiger partial charge on any atom is 0.404 e. The van der Waals surface area contributed by atoms with Crippen LogP contribution in [0.15, 0.2) is 55.0 Å². The molecule has 15 heteroatoms. The zero-order valence-electron chi connectivity index (χ0n) is 21.6. The Morgan fingerprint density at radius 2 is 1.88 bits per heavy atom. The van der Waals surface area contributed by atoms with E-state index in [-0.39, 0.29) is 23.1 Å². The molecule has 208 valence electrons. The molecule has 0 spiro atoms. The second-order valence-electron chi connectivity index (χ2n) is 8.44. The Hall–Kier alpha value is -5.47. The summed E-state index contributed by atoms with van der Waals surface area (Å²) in [4.78, 5) is 32.1. The van der Waals surface area contributed by atoms with E-state index in [1.165, 1.54) is 31.3 Å². The summed E-state index contributed by atoms with van der Waals surface area (Å²) in [6.07, 6.45) is 3.22. The Morgan fingerprint density at radius 1 is 1.12 bits per heavy atom. The van der Waals surface area contributed by atoms with Gasteiger partial charge in [-0.15, -0.1) is 5.10 Å². The molecule has 0 aliphatic heterocycles. The van der Waals surface area contributed by atoms with Gasteiger partial charge in [-0.1, -0.05) is 17.3 Å². The summed E-state index contributed by atoms with van der Waals surface area (Å²) in [6.45, 7) is 1.61. The van der Waals surface area contributed by atoms with Crippen molar-refractivity contribution in [3.05, 3.63) is 71.9 Å². The third-order valence-corrected chi connectivity index (χ3v) is 5.82. The first-order valence-electron chi connectivity index (χ1n) is 11.8. The molecule has 0 aliphatic rings. The number of nitrogens with zero attached hydrogens (tertiary/aromatic N) is 5. The van der Waals surface area contributed by atoms with Gasteiger partial charge in [0.15, 0.2) is 11.6 Å². The predicted molar refractivity (Wildman–Crippen MR) is 142 cm³/mol. The van der Waals surface area contributed by atoms with Crippen LogP contribution in [0, 0.1) is 5.82 Å². The number of halogens is 1.